The summed E-state index contributed by atoms with van der Waals surface area (Å²) < 4.78 is 0. The molecule has 3 heteroatoms. The molecule has 0 amide bonds. The zero-order chi connectivity index (χ0) is 11.0. The van der Waals surface area contributed by atoms with Crippen LogP contribution in [-0.2, 0) is 0 Å². The SMILES string of the molecule is OC1CCN(c2ccc3ccccc3n2)C1. The molecule has 1 saturated heterocycles. The summed E-state index contributed by atoms with van der Waals surface area (Å²) in [7, 11) is 0. The highest BCUT2D eigenvalue weighted by Gasteiger charge is 2.21. The third-order valence-electron chi connectivity index (χ3n) is 3.07. The van der Waals surface area contributed by atoms with E-state index < -0.39 is 0 Å². The summed E-state index contributed by atoms with van der Waals surface area (Å²) in [6.45, 7) is 1.60. The number of rotatable bonds is 1. The second-order valence-electron chi connectivity index (χ2n) is 4.25. The number of para-hydroxylation sites is 1. The molecule has 1 aliphatic heterocycles. The fourth-order valence-corrected chi connectivity index (χ4v) is 2.18. The highest BCUT2D eigenvalue weighted by Crippen LogP contribution is 2.21. The van der Waals surface area contributed by atoms with Gasteiger partial charge in [0.1, 0.15) is 5.82 Å². The minimum Gasteiger partial charge on any atom is -0.391 e. The summed E-state index contributed by atoms with van der Waals surface area (Å²) in [5.74, 6) is 0.968. The van der Waals surface area contributed by atoms with Crippen molar-refractivity contribution in [3.8, 4) is 0 Å². The van der Waals surface area contributed by atoms with Crippen molar-refractivity contribution in [1.29, 1.82) is 0 Å². The molecule has 3 rings (SSSR count). The minimum atomic E-state index is -0.201. The van der Waals surface area contributed by atoms with Crippen LogP contribution in [0, 0.1) is 0 Å². The number of aliphatic hydroxyl groups is 1. The Morgan fingerprint density at radius 3 is 2.88 bits per heavy atom. The molecule has 2 heterocycles. The van der Waals surface area contributed by atoms with Crippen LogP contribution in [0.1, 0.15) is 6.42 Å². The molecule has 1 unspecified atom stereocenters. The van der Waals surface area contributed by atoms with Gasteiger partial charge in [0.25, 0.3) is 0 Å². The number of fused-ring (bicyclic) bond motifs is 1. The largest absolute Gasteiger partial charge is 0.391 e. The zero-order valence-corrected chi connectivity index (χ0v) is 9.00. The predicted octanol–water partition coefficient (Wildman–Crippen LogP) is 1.81. The van der Waals surface area contributed by atoms with Crippen molar-refractivity contribution in [2.24, 2.45) is 0 Å². The first-order valence-electron chi connectivity index (χ1n) is 5.62. The Balaban J connectivity index is 1.99. The van der Waals surface area contributed by atoms with Gasteiger partial charge in [-0.05, 0) is 24.6 Å². The third kappa shape index (κ3) is 1.63. The third-order valence-corrected chi connectivity index (χ3v) is 3.07. The molecule has 0 saturated carbocycles. The van der Waals surface area contributed by atoms with E-state index in [0.29, 0.717) is 6.54 Å². The van der Waals surface area contributed by atoms with E-state index in [0.717, 1.165) is 29.7 Å². The van der Waals surface area contributed by atoms with Crippen molar-refractivity contribution in [3.63, 3.8) is 0 Å². The van der Waals surface area contributed by atoms with Gasteiger partial charge in [0, 0.05) is 18.5 Å². The van der Waals surface area contributed by atoms with E-state index in [1.807, 2.05) is 24.3 Å². The van der Waals surface area contributed by atoms with Crippen LogP contribution in [0.15, 0.2) is 36.4 Å². The number of aromatic nitrogens is 1. The number of hydrogen-bond donors (Lipinski definition) is 1. The van der Waals surface area contributed by atoms with Crippen LogP contribution in [0.3, 0.4) is 0 Å². The van der Waals surface area contributed by atoms with Crippen LogP contribution < -0.4 is 4.90 Å². The van der Waals surface area contributed by atoms with Gasteiger partial charge in [-0.2, -0.15) is 0 Å². The van der Waals surface area contributed by atoms with Crippen molar-refractivity contribution < 1.29 is 5.11 Å². The van der Waals surface area contributed by atoms with Crippen LogP contribution in [-0.4, -0.2) is 29.3 Å². The molecule has 82 valence electrons. The summed E-state index contributed by atoms with van der Waals surface area (Å²) in [5.41, 5.74) is 1.02. The van der Waals surface area contributed by atoms with Gasteiger partial charge in [-0.3, -0.25) is 0 Å². The maximum atomic E-state index is 9.50. The molecule has 1 N–H and O–H groups in total. The lowest BCUT2D eigenvalue weighted by atomic mass is 10.2. The van der Waals surface area contributed by atoms with Crippen LogP contribution in [0.25, 0.3) is 10.9 Å². The maximum absolute atomic E-state index is 9.50. The van der Waals surface area contributed by atoms with E-state index >= 15 is 0 Å². The second-order valence-corrected chi connectivity index (χ2v) is 4.25. The van der Waals surface area contributed by atoms with E-state index in [9.17, 15) is 5.11 Å². The average molecular weight is 214 g/mol. The van der Waals surface area contributed by atoms with Gasteiger partial charge in [-0.15, -0.1) is 0 Å². The van der Waals surface area contributed by atoms with Gasteiger partial charge >= 0.3 is 0 Å². The molecule has 2 aromatic rings. The molecule has 1 aromatic carbocycles. The quantitative estimate of drug-likeness (QED) is 0.786. The smallest absolute Gasteiger partial charge is 0.129 e. The highest BCUT2D eigenvalue weighted by atomic mass is 16.3. The number of hydrogen-bond acceptors (Lipinski definition) is 3. The number of pyridine rings is 1. The Bertz CT molecular complexity index is 512. The Labute approximate surface area is 94.3 Å². The van der Waals surface area contributed by atoms with Gasteiger partial charge in [0.2, 0.25) is 0 Å². The number of β-amino-alcohol motifs (C(OH)–C–C–N with tert-alkyl or cyclic N) is 1. The Morgan fingerprint density at radius 2 is 2.06 bits per heavy atom. The van der Waals surface area contributed by atoms with E-state index in [-0.39, 0.29) is 6.10 Å². The fourth-order valence-electron chi connectivity index (χ4n) is 2.18. The Kier molecular flexibility index (Phi) is 2.26. The Hall–Kier alpha value is -1.61. The number of aliphatic hydroxyl groups excluding tert-OH is 1. The summed E-state index contributed by atoms with van der Waals surface area (Å²) in [5, 5.41) is 10.7. The number of benzene rings is 1. The van der Waals surface area contributed by atoms with Crippen LogP contribution in [0.4, 0.5) is 5.82 Å². The summed E-state index contributed by atoms with van der Waals surface area (Å²) in [4.78, 5) is 6.74. The average Bonchev–Trinajstić information content (AvgIpc) is 2.75. The summed E-state index contributed by atoms with van der Waals surface area (Å²) >= 11 is 0. The molecular weight excluding hydrogens is 200 g/mol. The zero-order valence-electron chi connectivity index (χ0n) is 9.00. The Morgan fingerprint density at radius 1 is 1.19 bits per heavy atom. The van der Waals surface area contributed by atoms with Gasteiger partial charge in [-0.1, -0.05) is 18.2 Å². The lowest BCUT2D eigenvalue weighted by Gasteiger charge is -2.16. The minimum absolute atomic E-state index is 0.201. The molecular formula is C13H14N2O. The monoisotopic (exact) mass is 214 g/mol. The fraction of sp³-hybridized carbons (Fsp3) is 0.308. The summed E-state index contributed by atoms with van der Waals surface area (Å²) in [6.07, 6.45) is 0.641. The molecule has 3 nitrogen and oxygen atoms in total. The summed E-state index contributed by atoms with van der Waals surface area (Å²) in [6, 6.07) is 12.2. The van der Waals surface area contributed by atoms with Crippen LogP contribution in [0.5, 0.6) is 0 Å². The molecule has 1 atom stereocenters. The van der Waals surface area contributed by atoms with Crippen molar-refractivity contribution in [1.82, 2.24) is 4.98 Å². The van der Waals surface area contributed by atoms with Crippen molar-refractivity contribution in [3.05, 3.63) is 36.4 Å². The lowest BCUT2D eigenvalue weighted by Crippen LogP contribution is -2.22. The van der Waals surface area contributed by atoms with E-state index in [1.54, 1.807) is 0 Å². The van der Waals surface area contributed by atoms with Gasteiger partial charge in [-0.25, -0.2) is 4.98 Å². The van der Waals surface area contributed by atoms with E-state index in [2.05, 4.69) is 22.0 Å². The molecule has 1 fully saturated rings. The molecule has 16 heavy (non-hydrogen) atoms. The predicted molar refractivity (Wildman–Crippen MR) is 64.6 cm³/mol. The van der Waals surface area contributed by atoms with Gasteiger partial charge in [0.15, 0.2) is 0 Å². The van der Waals surface area contributed by atoms with Gasteiger partial charge in [0.05, 0.1) is 11.6 Å². The first-order chi connectivity index (χ1) is 7.83. The first kappa shape index (κ1) is 9.60. The highest BCUT2D eigenvalue weighted by molar-refractivity contribution is 5.80. The standard InChI is InChI=1S/C13H14N2O/c16-11-7-8-15(9-11)13-6-5-10-3-1-2-4-12(10)14-13/h1-6,11,16H,7-9H2. The number of anilines is 1. The molecule has 0 aliphatic carbocycles. The van der Waals surface area contributed by atoms with Crippen molar-refractivity contribution >= 4 is 16.7 Å². The van der Waals surface area contributed by atoms with E-state index in [4.69, 9.17) is 0 Å². The number of nitrogens with zero attached hydrogens (tertiary/aromatic N) is 2. The topological polar surface area (TPSA) is 36.4 Å². The maximum Gasteiger partial charge on any atom is 0.129 e. The first-order valence-corrected chi connectivity index (χ1v) is 5.62. The van der Waals surface area contributed by atoms with Crippen LogP contribution in [0.2, 0.25) is 0 Å². The van der Waals surface area contributed by atoms with Crippen LogP contribution >= 0.6 is 0 Å². The molecule has 1 aliphatic rings. The second kappa shape index (κ2) is 3.76. The molecule has 0 radical (unpaired) electrons. The van der Waals surface area contributed by atoms with Crippen molar-refractivity contribution in [2.75, 3.05) is 18.0 Å². The molecule has 1 aromatic heterocycles. The molecule has 0 bridgehead atoms. The molecule has 0 spiro atoms. The normalized spacial score (nSPS) is 20.6. The van der Waals surface area contributed by atoms with Gasteiger partial charge < -0.3 is 10.0 Å². The van der Waals surface area contributed by atoms with Crippen molar-refractivity contribution in [2.45, 2.75) is 12.5 Å². The van der Waals surface area contributed by atoms with E-state index in [1.165, 1.54) is 0 Å². The lowest BCUT2D eigenvalue weighted by molar-refractivity contribution is 0.198.